The molecule has 3 heteroatoms. The lowest BCUT2D eigenvalue weighted by atomic mass is 10.7. The molecule has 0 aromatic carbocycles. The Kier molecular flexibility index (Phi) is 5.91. The predicted molar refractivity (Wildman–Crippen MR) is 29.1 cm³/mol. The van der Waals surface area contributed by atoms with Crippen LogP contribution >= 0.6 is 0 Å². The fourth-order valence-corrected chi connectivity index (χ4v) is 0.298. The quantitative estimate of drug-likeness (QED) is 0.325. The minimum atomic E-state index is 1.69. The lowest BCUT2D eigenvalue weighted by molar-refractivity contribution is 1.94. The first-order chi connectivity index (χ1) is 2.91. The van der Waals surface area contributed by atoms with E-state index in [0.29, 0.717) is 0 Å². The average molecular weight is 107 g/mol. The molecule has 0 aromatic heterocycles. The van der Waals surface area contributed by atoms with Crippen LogP contribution in [0.25, 0.3) is 0 Å². The number of hydrogen-bond donors (Lipinski definition) is 0. The number of allylic oxidation sites excluding steroid dienone is 1. The summed E-state index contributed by atoms with van der Waals surface area (Å²) >= 11 is 4.69. The molecule has 0 aromatic rings. The molecule has 0 aliphatic rings. The highest BCUT2D eigenvalue weighted by molar-refractivity contribution is 6.19. The third kappa shape index (κ3) is 4.47. The maximum Gasteiger partial charge on any atom is 0.345 e. The van der Waals surface area contributed by atoms with Crippen molar-refractivity contribution in [3.8, 4) is 0 Å². The molecule has 0 saturated heterocycles. The Morgan fingerprint density at radius 2 is 2.17 bits per heavy atom. The normalized spacial score (nSPS) is 11.3. The second kappa shape index (κ2) is 5.47. The molecule has 6 heavy (non-hydrogen) atoms. The van der Waals surface area contributed by atoms with Crippen LogP contribution in [0.5, 0.6) is 0 Å². The third-order valence-electron chi connectivity index (χ3n) is 0.283. The summed E-state index contributed by atoms with van der Waals surface area (Å²) in [6.07, 6.45) is 3.52. The predicted octanol–water partition coefficient (Wildman–Crippen LogP) is -0.177. The van der Waals surface area contributed by atoms with Crippen LogP contribution < -0.4 is 0 Å². The van der Waals surface area contributed by atoms with E-state index in [-0.39, 0.29) is 0 Å². The van der Waals surface area contributed by atoms with Crippen molar-refractivity contribution in [3.05, 3.63) is 11.0 Å². The van der Waals surface area contributed by atoms with Gasteiger partial charge in [-0.15, -0.1) is 0 Å². The molecule has 0 saturated carbocycles. The second-order valence-corrected chi connectivity index (χ2v) is 1.37. The van der Waals surface area contributed by atoms with Crippen LogP contribution in [0.15, 0.2) is 15.0 Å². The summed E-state index contributed by atoms with van der Waals surface area (Å²) in [5.74, 6) is 0. The van der Waals surface area contributed by atoms with Crippen molar-refractivity contribution in [2.75, 3.05) is 0 Å². The van der Waals surface area contributed by atoms with Gasteiger partial charge in [0.1, 0.15) is 0 Å². The first-order valence-corrected chi connectivity index (χ1v) is 2.70. The first-order valence-electron chi connectivity index (χ1n) is 1.52. The Morgan fingerprint density at radius 1 is 1.50 bits per heavy atom. The van der Waals surface area contributed by atoms with Gasteiger partial charge in [0, 0.05) is 0 Å². The summed E-state index contributed by atoms with van der Waals surface area (Å²) in [5, 5.41) is 0. The molecule has 1 nitrogen and oxygen atoms in total. The van der Waals surface area contributed by atoms with Gasteiger partial charge in [0.15, 0.2) is 16.3 Å². The highest BCUT2D eigenvalue weighted by Crippen LogP contribution is 1.55. The van der Waals surface area contributed by atoms with E-state index in [1.54, 1.807) is 6.21 Å². The Labute approximate surface area is 54.2 Å². The van der Waals surface area contributed by atoms with E-state index >= 15 is 0 Å². The molecule has 0 bridgehead atoms. The molecule has 0 rings (SSSR count). The van der Waals surface area contributed by atoms with Gasteiger partial charge in [0.25, 0.3) is 0 Å². The van der Waals surface area contributed by atoms with Crippen LogP contribution in [-0.2, 0) is 0 Å². The van der Waals surface area contributed by atoms with E-state index in [1.807, 2.05) is 11.0 Å². The third-order valence-corrected chi connectivity index (χ3v) is 0.678. The molecule has 0 spiro atoms. The standard InChI is InChI=1S/C3H3N.2Al/c1-2-3-4;;/h1-3H;;/q-1;;+1. The van der Waals surface area contributed by atoms with Gasteiger partial charge in [-0.05, 0) is 6.21 Å². The van der Waals surface area contributed by atoms with Crippen molar-refractivity contribution in [2.24, 2.45) is 3.98 Å². The van der Waals surface area contributed by atoms with Gasteiger partial charge < -0.3 is 3.98 Å². The molecule has 0 unspecified atom stereocenters. The minimum Gasteiger partial charge on any atom is -0.433 e. The summed E-state index contributed by atoms with van der Waals surface area (Å²) in [4.78, 5) is 1.84. The summed E-state index contributed by atoms with van der Waals surface area (Å²) in [7, 11) is 0. The molecule has 0 fully saturated rings. The minimum absolute atomic E-state index is 1.69. The smallest absolute Gasteiger partial charge is 0.345 e. The number of rotatable bonds is 1. The molecule has 0 heterocycles. The van der Waals surface area contributed by atoms with Gasteiger partial charge in [-0.25, -0.2) is 0 Å². The molecule has 0 aliphatic carbocycles. The van der Waals surface area contributed by atoms with Gasteiger partial charge in [0.2, 0.25) is 0 Å². The van der Waals surface area contributed by atoms with Crippen LogP contribution in [0.1, 0.15) is 0 Å². The van der Waals surface area contributed by atoms with Gasteiger partial charge in [-0.3, -0.25) is 0 Å². The molecule has 0 amide bonds. The van der Waals surface area contributed by atoms with Gasteiger partial charge in [0.05, 0.1) is 0 Å². The van der Waals surface area contributed by atoms with Crippen LogP contribution in [0.4, 0.5) is 0 Å². The topological polar surface area (TPSA) is 12.4 Å². The lowest BCUT2D eigenvalue weighted by Gasteiger charge is -1.65. The van der Waals surface area contributed by atoms with Crippen LogP contribution in [0.3, 0.4) is 0 Å². The fourth-order valence-electron chi connectivity index (χ4n) is 0.0994. The highest BCUT2D eigenvalue weighted by Gasteiger charge is 1.48. The van der Waals surface area contributed by atoms with Crippen molar-refractivity contribution in [3.63, 3.8) is 0 Å². The Morgan fingerprint density at radius 3 is 2.33 bits per heavy atom. The summed E-state index contributed by atoms with van der Waals surface area (Å²) in [6, 6.07) is 0. The molecular formula is C3H3Al2N. The van der Waals surface area contributed by atoms with Crippen molar-refractivity contribution < 1.29 is 0 Å². The van der Waals surface area contributed by atoms with Crippen molar-refractivity contribution >= 4 is 39.0 Å². The highest BCUT2D eigenvalue weighted by atomic mass is 27.1. The molecule has 0 atom stereocenters. The van der Waals surface area contributed by atoms with E-state index in [1.165, 1.54) is 0 Å². The van der Waals surface area contributed by atoms with Crippen molar-refractivity contribution in [1.82, 2.24) is 0 Å². The monoisotopic (exact) mass is 107 g/mol. The molecule has 0 aliphatic heterocycles. The summed E-state index contributed by atoms with van der Waals surface area (Å²) in [5.41, 5.74) is 0. The van der Waals surface area contributed by atoms with E-state index < -0.39 is 0 Å². The zero-order valence-corrected chi connectivity index (χ0v) is 5.64. The molecule has 26 valence electrons. The molecular weight excluding hydrogens is 104 g/mol. The van der Waals surface area contributed by atoms with E-state index in [2.05, 4.69) is 36.8 Å². The molecule has 0 N–H and O–H groups in total. The van der Waals surface area contributed by atoms with Crippen molar-refractivity contribution in [1.29, 1.82) is 0 Å². The van der Waals surface area contributed by atoms with E-state index in [0.717, 1.165) is 0 Å². The number of nitrogens with zero attached hydrogens (tertiary/aromatic N) is 1. The van der Waals surface area contributed by atoms with Gasteiger partial charge >= 0.3 is 16.5 Å². The van der Waals surface area contributed by atoms with E-state index in [4.69, 9.17) is 0 Å². The largest absolute Gasteiger partial charge is 0.433 e. The maximum absolute atomic E-state index is 3.62. The van der Waals surface area contributed by atoms with Crippen molar-refractivity contribution in [2.45, 2.75) is 0 Å². The zero-order valence-electron chi connectivity index (χ0n) is 3.33. The average Bonchev–Trinajstić information content (AvgIpc) is 1.61. The Hall–Kier alpha value is 0.475. The Bertz CT molecular complexity index is 57.2. The summed E-state index contributed by atoms with van der Waals surface area (Å²) in [6.45, 7) is 0. The molecule has 4 radical (unpaired) electrons. The number of hydrogen-bond acceptors (Lipinski definition) is 1. The van der Waals surface area contributed by atoms with Gasteiger partial charge in [-0.2, -0.15) is 4.94 Å². The Balaban J connectivity index is 3.07. The SMILES string of the molecule is [Al]/[CH]=C\C=[N]/[Al]. The lowest BCUT2D eigenvalue weighted by Crippen LogP contribution is -1.60. The maximum atomic E-state index is 3.62. The van der Waals surface area contributed by atoms with Crippen LogP contribution in [-0.4, -0.2) is 39.0 Å². The summed E-state index contributed by atoms with van der Waals surface area (Å²) < 4.78 is 3.62. The van der Waals surface area contributed by atoms with Crippen LogP contribution in [0, 0.1) is 0 Å². The fraction of sp³-hybridized carbons (Fsp3) is 0. The zero-order chi connectivity index (χ0) is 4.83. The first kappa shape index (κ1) is 6.47. The van der Waals surface area contributed by atoms with Gasteiger partial charge in [-0.1, -0.05) is 6.08 Å². The van der Waals surface area contributed by atoms with E-state index in [9.17, 15) is 0 Å². The van der Waals surface area contributed by atoms with Crippen LogP contribution in [0.2, 0.25) is 0 Å². The second-order valence-electron chi connectivity index (χ2n) is 0.683.